The second-order valence-electron chi connectivity index (χ2n) is 3.86. The molecule has 2 amide bonds. The minimum Gasteiger partial charge on any atom is -0.384 e. The molecule has 0 aliphatic carbocycles. The van der Waals surface area contributed by atoms with Crippen LogP contribution in [0, 0.1) is 6.92 Å². The number of carbonyl (C=O) groups is 1. The van der Waals surface area contributed by atoms with Gasteiger partial charge in [-0.15, -0.1) is 0 Å². The number of aryl methyl sites for hydroxylation is 1. The van der Waals surface area contributed by atoms with Crippen LogP contribution < -0.4 is 16.6 Å². The molecule has 0 aliphatic rings. The molecule has 0 radical (unpaired) electrons. The van der Waals surface area contributed by atoms with Crippen LogP contribution in [-0.4, -0.2) is 16.1 Å². The number of hydrogen-bond donors (Lipinski definition) is 4. The Morgan fingerprint density at radius 3 is 2.18 bits per heavy atom. The molecule has 0 aliphatic heterocycles. The minimum atomic E-state index is -0.886. The van der Waals surface area contributed by atoms with E-state index in [1.54, 1.807) is 19.9 Å². The molecule has 0 saturated heterocycles. The van der Waals surface area contributed by atoms with E-state index in [1.807, 2.05) is 13.0 Å². The lowest BCUT2D eigenvalue weighted by molar-refractivity contribution is 0.0736. The number of aliphatic hydroxyl groups is 1. The first-order chi connectivity index (χ1) is 7.68. The van der Waals surface area contributed by atoms with E-state index in [1.165, 1.54) is 11.9 Å². The maximum Gasteiger partial charge on any atom is 0.309 e. The predicted molar refractivity (Wildman–Crippen MR) is 68.0 cm³/mol. The van der Waals surface area contributed by atoms with Crippen molar-refractivity contribution < 1.29 is 9.90 Å². The molecule has 17 heavy (non-hydrogen) atoms. The Bertz CT molecular complexity index is 386. The van der Waals surface area contributed by atoms with Gasteiger partial charge in [0.05, 0.1) is 11.4 Å². The number of nitrogens with zero attached hydrogens (tertiary/aromatic N) is 1. The Kier molecular flexibility index (Phi) is 5.94. The van der Waals surface area contributed by atoms with E-state index in [0.29, 0.717) is 5.69 Å². The first kappa shape index (κ1) is 15.7. The van der Waals surface area contributed by atoms with Crippen molar-refractivity contribution in [1.82, 2.24) is 4.98 Å². The smallest absolute Gasteiger partial charge is 0.309 e. The summed E-state index contributed by atoms with van der Waals surface area (Å²) < 4.78 is 0. The van der Waals surface area contributed by atoms with E-state index in [4.69, 9.17) is 9.93 Å². The summed E-state index contributed by atoms with van der Waals surface area (Å²) in [6.07, 6.45) is 0. The van der Waals surface area contributed by atoms with Crippen LogP contribution in [0.4, 0.5) is 4.79 Å². The zero-order valence-corrected chi connectivity index (χ0v) is 10.9. The lowest BCUT2D eigenvalue weighted by Crippen LogP contribution is -2.18. The van der Waals surface area contributed by atoms with Crippen LogP contribution in [0.25, 0.3) is 0 Å². The fraction of sp³-hybridized carbons (Fsp3) is 0.400. The SMILES string of the molecule is Cc1nc(C(C)(C)O)ccc1SN.NC(N)=O. The summed E-state index contributed by atoms with van der Waals surface area (Å²) in [5.41, 5.74) is 9.14. The van der Waals surface area contributed by atoms with Crippen molar-refractivity contribution in [1.29, 1.82) is 0 Å². The van der Waals surface area contributed by atoms with E-state index >= 15 is 0 Å². The molecule has 6 nitrogen and oxygen atoms in total. The maximum absolute atomic E-state index is 9.68. The van der Waals surface area contributed by atoms with Crippen LogP contribution in [0.1, 0.15) is 25.2 Å². The van der Waals surface area contributed by atoms with Gasteiger partial charge in [-0.25, -0.2) is 4.79 Å². The molecule has 0 unspecified atom stereocenters. The van der Waals surface area contributed by atoms with Gasteiger partial charge in [-0.1, -0.05) is 0 Å². The van der Waals surface area contributed by atoms with Crippen molar-refractivity contribution in [2.24, 2.45) is 16.6 Å². The summed E-state index contributed by atoms with van der Waals surface area (Å²) in [5.74, 6) is 0. The van der Waals surface area contributed by atoms with Crippen molar-refractivity contribution >= 4 is 18.0 Å². The second-order valence-corrected chi connectivity index (χ2v) is 4.53. The number of urea groups is 1. The normalized spacial score (nSPS) is 10.4. The van der Waals surface area contributed by atoms with Gasteiger partial charge < -0.3 is 16.6 Å². The van der Waals surface area contributed by atoms with Crippen LogP contribution >= 0.6 is 11.9 Å². The topological polar surface area (TPSA) is 128 Å². The molecule has 0 spiro atoms. The van der Waals surface area contributed by atoms with E-state index in [2.05, 4.69) is 16.5 Å². The molecule has 7 N–H and O–H groups in total. The number of rotatable bonds is 2. The fourth-order valence-corrected chi connectivity index (χ4v) is 1.38. The quantitative estimate of drug-likeness (QED) is 0.578. The Morgan fingerprint density at radius 2 is 1.88 bits per heavy atom. The zero-order chi connectivity index (χ0) is 13.6. The van der Waals surface area contributed by atoms with Gasteiger partial charge in [-0.2, -0.15) is 0 Å². The van der Waals surface area contributed by atoms with Gasteiger partial charge in [0.1, 0.15) is 5.60 Å². The summed E-state index contributed by atoms with van der Waals surface area (Å²) in [4.78, 5) is 14.2. The number of amides is 2. The highest BCUT2D eigenvalue weighted by Crippen LogP contribution is 2.22. The summed E-state index contributed by atoms with van der Waals surface area (Å²) >= 11 is 1.17. The lowest BCUT2D eigenvalue weighted by atomic mass is 10.0. The van der Waals surface area contributed by atoms with Gasteiger partial charge in [-0.05, 0) is 44.9 Å². The molecule has 1 aromatic heterocycles. The van der Waals surface area contributed by atoms with E-state index < -0.39 is 11.6 Å². The molecule has 0 atom stereocenters. The lowest BCUT2D eigenvalue weighted by Gasteiger charge is -2.17. The molecule has 96 valence electrons. The Hall–Kier alpha value is -1.31. The van der Waals surface area contributed by atoms with E-state index in [9.17, 15) is 5.11 Å². The number of carbonyl (C=O) groups excluding carboxylic acids is 1. The molecule has 0 aromatic carbocycles. The van der Waals surface area contributed by atoms with Crippen molar-refractivity contribution in [3.8, 4) is 0 Å². The maximum atomic E-state index is 9.68. The average molecular weight is 258 g/mol. The third-order valence-electron chi connectivity index (χ3n) is 1.79. The number of hydrogen-bond acceptors (Lipinski definition) is 5. The Labute approximate surface area is 105 Å². The second kappa shape index (κ2) is 6.43. The van der Waals surface area contributed by atoms with Gasteiger partial charge in [0.15, 0.2) is 0 Å². The number of aromatic nitrogens is 1. The fourth-order valence-electron chi connectivity index (χ4n) is 1.01. The van der Waals surface area contributed by atoms with Gasteiger partial charge in [0.25, 0.3) is 0 Å². The Morgan fingerprint density at radius 1 is 1.41 bits per heavy atom. The predicted octanol–water partition coefficient (Wildman–Crippen LogP) is 0.607. The number of nitrogens with two attached hydrogens (primary N) is 3. The third kappa shape index (κ3) is 6.10. The molecule has 0 saturated carbocycles. The summed E-state index contributed by atoms with van der Waals surface area (Å²) in [6.45, 7) is 5.30. The number of primary amides is 2. The van der Waals surface area contributed by atoms with Gasteiger partial charge in [0, 0.05) is 4.90 Å². The Balaban J connectivity index is 0.000000557. The molecule has 1 heterocycles. The van der Waals surface area contributed by atoms with Crippen LogP contribution in [0.2, 0.25) is 0 Å². The third-order valence-corrected chi connectivity index (χ3v) is 2.48. The molecule has 0 fully saturated rings. The van der Waals surface area contributed by atoms with Gasteiger partial charge in [-0.3, -0.25) is 10.1 Å². The molecule has 0 bridgehead atoms. The van der Waals surface area contributed by atoms with E-state index in [0.717, 1.165) is 10.6 Å². The first-order valence-corrected chi connectivity index (χ1v) is 5.68. The van der Waals surface area contributed by atoms with Gasteiger partial charge >= 0.3 is 6.03 Å². The molecule has 7 heteroatoms. The summed E-state index contributed by atoms with van der Waals surface area (Å²) in [6, 6.07) is 2.84. The summed E-state index contributed by atoms with van der Waals surface area (Å²) in [5, 5.41) is 15.1. The minimum absolute atomic E-state index is 0.669. The largest absolute Gasteiger partial charge is 0.384 e. The molecular weight excluding hydrogens is 240 g/mol. The monoisotopic (exact) mass is 258 g/mol. The van der Waals surface area contributed by atoms with Crippen LogP contribution in [0.3, 0.4) is 0 Å². The van der Waals surface area contributed by atoms with Crippen molar-refractivity contribution in [3.05, 3.63) is 23.5 Å². The highest BCUT2D eigenvalue weighted by Gasteiger charge is 2.18. The molecule has 1 aromatic rings. The van der Waals surface area contributed by atoms with Crippen molar-refractivity contribution in [2.45, 2.75) is 31.3 Å². The summed E-state index contributed by atoms with van der Waals surface area (Å²) in [7, 11) is 0. The highest BCUT2D eigenvalue weighted by molar-refractivity contribution is 7.97. The first-order valence-electron chi connectivity index (χ1n) is 4.80. The van der Waals surface area contributed by atoms with Crippen LogP contribution in [-0.2, 0) is 5.60 Å². The van der Waals surface area contributed by atoms with Crippen molar-refractivity contribution in [3.63, 3.8) is 0 Å². The highest BCUT2D eigenvalue weighted by atomic mass is 32.2. The zero-order valence-electron chi connectivity index (χ0n) is 10.1. The number of pyridine rings is 1. The van der Waals surface area contributed by atoms with Crippen molar-refractivity contribution in [2.75, 3.05) is 0 Å². The van der Waals surface area contributed by atoms with Crippen LogP contribution in [0.5, 0.6) is 0 Å². The van der Waals surface area contributed by atoms with Crippen LogP contribution in [0.15, 0.2) is 17.0 Å². The standard InChI is InChI=1S/C9H14N2OS.CH4N2O/c1-6-7(13-10)4-5-8(11-6)9(2,3)12;2-1(3)4/h4-5,12H,10H2,1-3H3;(H4,2,3,4). The average Bonchev–Trinajstić information content (AvgIpc) is 2.15. The van der Waals surface area contributed by atoms with E-state index in [-0.39, 0.29) is 0 Å². The molecule has 1 rings (SSSR count). The van der Waals surface area contributed by atoms with Gasteiger partial charge in [0.2, 0.25) is 0 Å². The molecular formula is C10H18N4O2S.